The molecule has 0 aliphatic carbocycles. The molecule has 0 saturated carbocycles. The number of ether oxygens (including phenoxy) is 1. The second kappa shape index (κ2) is 13.0. The Labute approximate surface area is 229 Å². The van der Waals surface area contributed by atoms with E-state index in [-0.39, 0.29) is 45.8 Å². The normalized spacial score (nSPS) is 11.1. The van der Waals surface area contributed by atoms with Crippen molar-refractivity contribution in [3.8, 4) is 0 Å². The summed E-state index contributed by atoms with van der Waals surface area (Å²) in [5, 5.41) is 10.6. The molecule has 208 valence electrons. The number of nitrogen functional groups attached to an aromatic ring is 1. The second-order valence-electron chi connectivity index (χ2n) is 9.45. The topological polar surface area (TPSA) is 125 Å². The average molecular weight is 550 g/mol. The number of halogens is 2. The molecule has 3 N–H and O–H groups in total. The van der Waals surface area contributed by atoms with E-state index in [0.29, 0.717) is 18.6 Å². The first-order valence-electron chi connectivity index (χ1n) is 13.0. The molecular weight excluding hydrogens is 520 g/mol. The van der Waals surface area contributed by atoms with Gasteiger partial charge in [-0.3, -0.25) is 9.59 Å². The van der Waals surface area contributed by atoms with Gasteiger partial charge in [0.25, 0.3) is 5.56 Å². The predicted molar refractivity (Wildman–Crippen MR) is 146 cm³/mol. The van der Waals surface area contributed by atoms with Crippen LogP contribution in [0.3, 0.4) is 0 Å². The summed E-state index contributed by atoms with van der Waals surface area (Å²) in [5.41, 5.74) is 6.05. The molecule has 0 atom stereocenters. The third kappa shape index (κ3) is 6.69. The number of carbonyl (C=O) groups is 2. The third-order valence-electron chi connectivity index (χ3n) is 6.61. The van der Waals surface area contributed by atoms with Crippen LogP contribution in [0, 0.1) is 11.6 Å². The van der Waals surface area contributed by atoms with E-state index in [0.717, 1.165) is 43.4 Å². The van der Waals surface area contributed by atoms with E-state index in [4.69, 9.17) is 10.5 Å². The van der Waals surface area contributed by atoms with E-state index in [1.807, 2.05) is 6.07 Å². The molecule has 0 aliphatic rings. The summed E-state index contributed by atoms with van der Waals surface area (Å²) in [4.78, 5) is 41.7. The molecule has 0 fully saturated rings. The molecule has 0 spiro atoms. The van der Waals surface area contributed by atoms with Gasteiger partial charge >= 0.3 is 5.97 Å². The number of anilines is 1. The van der Waals surface area contributed by atoms with Crippen LogP contribution >= 0.6 is 0 Å². The van der Waals surface area contributed by atoms with Gasteiger partial charge in [-0.2, -0.15) is 0 Å². The molecule has 2 aromatic heterocycles. The standard InChI is InChI=1S/C30H29F2N3O5/c31-22-13-11-20(24(32)17-22)12-14-25(36)26-27(33)23-16-19(18-34-28(23)35(39)29(26)37)8-4-1-2-7-15-40-30(38)21-9-5-3-6-10-21/h3,5-6,9-11,13,16-18,39H,1-2,4,7-8,12,14-15,33H2. The molecule has 0 bridgehead atoms. The number of ketones is 1. The van der Waals surface area contributed by atoms with Crippen molar-refractivity contribution in [1.82, 2.24) is 9.71 Å². The van der Waals surface area contributed by atoms with Gasteiger partial charge in [-0.05, 0) is 61.1 Å². The van der Waals surface area contributed by atoms with Crippen molar-refractivity contribution in [3.05, 3.63) is 105 Å². The number of hydrogen-bond acceptors (Lipinski definition) is 7. The smallest absolute Gasteiger partial charge is 0.338 e. The highest BCUT2D eigenvalue weighted by Crippen LogP contribution is 2.24. The van der Waals surface area contributed by atoms with Crippen molar-refractivity contribution in [2.45, 2.75) is 44.9 Å². The quantitative estimate of drug-likeness (QED) is 0.107. The molecule has 4 aromatic rings. The fourth-order valence-corrected chi connectivity index (χ4v) is 4.43. The maximum atomic E-state index is 14.0. The molecule has 2 heterocycles. The Balaban J connectivity index is 1.35. The minimum Gasteiger partial charge on any atom is -0.462 e. The minimum atomic E-state index is -1.01. The van der Waals surface area contributed by atoms with Crippen LogP contribution in [0.1, 0.15) is 63.9 Å². The maximum absolute atomic E-state index is 14.0. The first-order chi connectivity index (χ1) is 19.3. The zero-order chi connectivity index (χ0) is 28.6. The third-order valence-corrected chi connectivity index (χ3v) is 6.61. The second-order valence-corrected chi connectivity index (χ2v) is 9.45. The number of aromatic nitrogens is 2. The van der Waals surface area contributed by atoms with Gasteiger partial charge in [0.2, 0.25) is 0 Å². The number of carbonyl (C=O) groups excluding carboxylic acids is 2. The van der Waals surface area contributed by atoms with Crippen LogP contribution in [-0.4, -0.2) is 33.3 Å². The van der Waals surface area contributed by atoms with Crippen LogP contribution in [0.25, 0.3) is 11.0 Å². The molecule has 8 nitrogen and oxygen atoms in total. The number of unbranched alkanes of at least 4 members (excludes halogenated alkanes) is 3. The van der Waals surface area contributed by atoms with E-state index in [1.165, 1.54) is 12.3 Å². The lowest BCUT2D eigenvalue weighted by Gasteiger charge is -2.12. The summed E-state index contributed by atoms with van der Waals surface area (Å²) in [5.74, 6) is -2.54. The number of nitrogens with zero attached hydrogens (tertiary/aromatic N) is 2. The van der Waals surface area contributed by atoms with Gasteiger partial charge in [-0.25, -0.2) is 18.6 Å². The number of rotatable bonds is 12. The first kappa shape index (κ1) is 28.4. The van der Waals surface area contributed by atoms with Crippen molar-refractivity contribution >= 4 is 28.5 Å². The molecule has 0 radical (unpaired) electrons. The van der Waals surface area contributed by atoms with Gasteiger partial charge in [-0.15, -0.1) is 4.73 Å². The Bertz CT molecular complexity index is 1590. The molecule has 4 rings (SSSR count). The number of nitrogens with two attached hydrogens (primary N) is 1. The Kier molecular flexibility index (Phi) is 9.21. The Morgan fingerprint density at radius 1 is 0.975 bits per heavy atom. The molecule has 2 aromatic carbocycles. The summed E-state index contributed by atoms with van der Waals surface area (Å²) in [6, 6.07) is 13.5. The minimum absolute atomic E-state index is 0.0724. The van der Waals surface area contributed by atoms with E-state index in [2.05, 4.69) is 4.98 Å². The number of benzene rings is 2. The number of hydrogen-bond donors (Lipinski definition) is 2. The lowest BCUT2D eigenvalue weighted by molar-refractivity contribution is 0.0497. The van der Waals surface area contributed by atoms with Crippen LogP contribution in [-0.2, 0) is 17.6 Å². The van der Waals surface area contributed by atoms with Crippen molar-refractivity contribution in [2.24, 2.45) is 0 Å². The van der Waals surface area contributed by atoms with E-state index < -0.39 is 28.5 Å². The molecule has 0 unspecified atom stereocenters. The van der Waals surface area contributed by atoms with E-state index in [9.17, 15) is 28.4 Å². The van der Waals surface area contributed by atoms with Gasteiger partial charge < -0.3 is 15.7 Å². The van der Waals surface area contributed by atoms with Gasteiger partial charge in [0.05, 0.1) is 17.9 Å². The Morgan fingerprint density at radius 3 is 2.48 bits per heavy atom. The molecule has 0 amide bonds. The van der Waals surface area contributed by atoms with Crippen molar-refractivity contribution in [1.29, 1.82) is 0 Å². The van der Waals surface area contributed by atoms with E-state index in [1.54, 1.807) is 30.3 Å². The fraction of sp³-hybridized carbons (Fsp3) is 0.267. The number of pyridine rings is 2. The van der Waals surface area contributed by atoms with Crippen molar-refractivity contribution in [2.75, 3.05) is 12.3 Å². The lowest BCUT2D eigenvalue weighted by Crippen LogP contribution is -2.28. The Hall–Kier alpha value is -4.60. The molecular formula is C30H29F2N3O5. The van der Waals surface area contributed by atoms with E-state index >= 15 is 0 Å². The van der Waals surface area contributed by atoms with Crippen LogP contribution in [0.15, 0.2) is 65.6 Å². The van der Waals surface area contributed by atoms with Gasteiger partial charge in [0, 0.05) is 24.1 Å². The zero-order valence-corrected chi connectivity index (χ0v) is 21.7. The highest BCUT2D eigenvalue weighted by Gasteiger charge is 2.22. The van der Waals surface area contributed by atoms with Gasteiger partial charge in [0.15, 0.2) is 11.4 Å². The predicted octanol–water partition coefficient (Wildman–Crippen LogP) is 5.27. The highest BCUT2D eigenvalue weighted by molar-refractivity contribution is 6.06. The molecule has 0 saturated heterocycles. The SMILES string of the molecule is Nc1c(C(=O)CCc2ccc(F)cc2F)c(=O)n(O)c2ncc(CCCCCCOC(=O)c3ccccc3)cc12. The van der Waals surface area contributed by atoms with Crippen LogP contribution in [0.2, 0.25) is 0 Å². The number of esters is 1. The first-order valence-corrected chi connectivity index (χ1v) is 13.0. The molecule has 0 aliphatic heterocycles. The molecule has 40 heavy (non-hydrogen) atoms. The van der Waals surface area contributed by atoms with Crippen LogP contribution < -0.4 is 11.3 Å². The number of aryl methyl sites for hydroxylation is 2. The monoisotopic (exact) mass is 549 g/mol. The fourth-order valence-electron chi connectivity index (χ4n) is 4.43. The van der Waals surface area contributed by atoms with Crippen LogP contribution in [0.5, 0.6) is 0 Å². The zero-order valence-electron chi connectivity index (χ0n) is 21.7. The maximum Gasteiger partial charge on any atom is 0.338 e. The molecule has 10 heteroatoms. The largest absolute Gasteiger partial charge is 0.462 e. The van der Waals surface area contributed by atoms with Crippen molar-refractivity contribution < 1.29 is 28.3 Å². The van der Waals surface area contributed by atoms with Crippen LogP contribution in [0.4, 0.5) is 14.5 Å². The summed E-state index contributed by atoms with van der Waals surface area (Å²) in [6.07, 6.45) is 5.12. The summed E-state index contributed by atoms with van der Waals surface area (Å²) in [6.45, 7) is 0.334. The summed E-state index contributed by atoms with van der Waals surface area (Å²) in [7, 11) is 0. The number of Topliss-reactive ketones (excluding diaryl/α,β-unsaturated/α-hetero) is 1. The Morgan fingerprint density at radius 2 is 1.73 bits per heavy atom. The highest BCUT2D eigenvalue weighted by atomic mass is 19.1. The average Bonchev–Trinajstić information content (AvgIpc) is 2.95. The number of fused-ring (bicyclic) bond motifs is 1. The van der Waals surface area contributed by atoms with Gasteiger partial charge in [0.1, 0.15) is 17.2 Å². The lowest BCUT2D eigenvalue weighted by atomic mass is 10.00. The van der Waals surface area contributed by atoms with Gasteiger partial charge in [-0.1, -0.05) is 37.1 Å². The van der Waals surface area contributed by atoms with Crippen molar-refractivity contribution in [3.63, 3.8) is 0 Å². The summed E-state index contributed by atoms with van der Waals surface area (Å²) < 4.78 is 32.7. The summed E-state index contributed by atoms with van der Waals surface area (Å²) >= 11 is 0.